The van der Waals surface area contributed by atoms with Crippen LogP contribution in [0.2, 0.25) is 0 Å². The van der Waals surface area contributed by atoms with Gasteiger partial charge in [-0.1, -0.05) is 0 Å². The molecule has 0 amide bonds. The summed E-state index contributed by atoms with van der Waals surface area (Å²) in [4.78, 5) is 0. The van der Waals surface area contributed by atoms with Crippen molar-refractivity contribution in [3.05, 3.63) is 0 Å². The highest BCUT2D eigenvalue weighted by atomic mass is 79.9. The van der Waals surface area contributed by atoms with E-state index < -0.39 is 0 Å². The van der Waals surface area contributed by atoms with E-state index in [-0.39, 0.29) is 23.1 Å². The zero-order chi connectivity index (χ0) is 8.51. The lowest BCUT2D eigenvalue weighted by Gasteiger charge is -2.44. The zero-order valence-electron chi connectivity index (χ0n) is 7.98. The van der Waals surface area contributed by atoms with E-state index >= 15 is 0 Å². The van der Waals surface area contributed by atoms with E-state index in [1.54, 1.807) is 0 Å². The number of halogens is 1. The van der Waals surface area contributed by atoms with Gasteiger partial charge in [0.2, 0.25) is 0 Å². The highest BCUT2D eigenvalue weighted by Gasteiger charge is 2.70. The summed E-state index contributed by atoms with van der Waals surface area (Å²) in [5, 5.41) is 9.60. The number of morpholine rings is 1. The summed E-state index contributed by atoms with van der Waals surface area (Å²) < 4.78 is 6.65. The van der Waals surface area contributed by atoms with E-state index in [9.17, 15) is 5.11 Å². The number of likely N-dealkylation sites (N-methyl/N-ethyl adjacent to an activating group) is 1. The molecule has 0 radical (unpaired) electrons. The summed E-state index contributed by atoms with van der Waals surface area (Å²) in [7, 11) is 4.55. The summed E-state index contributed by atoms with van der Waals surface area (Å²) in [6.07, 6.45) is 2.75. The lowest BCUT2D eigenvalue weighted by atomic mass is 9.97. The van der Waals surface area contributed by atoms with Crippen LogP contribution < -0.4 is 17.0 Å². The van der Waals surface area contributed by atoms with Crippen molar-refractivity contribution in [2.75, 3.05) is 14.1 Å². The Labute approximate surface area is 89.0 Å². The molecule has 76 valence electrons. The standard InChI is InChI=1S/C9H16NO2.BrH/c1-10(2)6-3-5(11)4-7(10)9-8(6)12-9;/h5-9,11H,3-4H2,1-2H3;1H/q+1;/p-1/t5-,6-,7+,8+,9-;. The SMILES string of the molecule is C[N+]1(C)[C@@H]2C[C@@H](O)C[C@H]1[C@H]1O[C@H]12.[Br-]. The summed E-state index contributed by atoms with van der Waals surface area (Å²) in [6, 6.07) is 1.12. The highest BCUT2D eigenvalue weighted by molar-refractivity contribution is 5.07. The third-order valence-corrected chi connectivity index (χ3v) is 4.06. The predicted molar refractivity (Wildman–Crippen MR) is 43.6 cm³/mol. The number of piperidine rings is 1. The second kappa shape index (κ2) is 2.69. The van der Waals surface area contributed by atoms with E-state index in [4.69, 9.17) is 4.74 Å². The largest absolute Gasteiger partial charge is 1.00 e. The van der Waals surface area contributed by atoms with Gasteiger partial charge in [-0.25, -0.2) is 0 Å². The highest BCUT2D eigenvalue weighted by Crippen LogP contribution is 2.50. The third kappa shape index (κ3) is 1.12. The van der Waals surface area contributed by atoms with Crippen LogP contribution in [0.15, 0.2) is 0 Å². The molecule has 3 nitrogen and oxygen atoms in total. The van der Waals surface area contributed by atoms with Crippen LogP contribution in [-0.2, 0) is 4.74 Å². The monoisotopic (exact) mass is 249 g/mol. The number of quaternary nitrogens is 1. The third-order valence-electron chi connectivity index (χ3n) is 4.06. The zero-order valence-corrected chi connectivity index (χ0v) is 9.57. The van der Waals surface area contributed by atoms with E-state index in [1.165, 1.54) is 0 Å². The number of fused-ring (bicyclic) bond motifs is 5. The van der Waals surface area contributed by atoms with Crippen LogP contribution in [0.5, 0.6) is 0 Å². The Hall–Kier alpha value is 0.360. The van der Waals surface area contributed by atoms with Crippen molar-refractivity contribution in [3.8, 4) is 0 Å². The second-order valence-electron chi connectivity index (χ2n) is 4.95. The number of ether oxygens (including phenoxy) is 1. The molecule has 0 unspecified atom stereocenters. The molecule has 3 saturated heterocycles. The van der Waals surface area contributed by atoms with Gasteiger partial charge in [0, 0.05) is 12.8 Å². The van der Waals surface area contributed by atoms with Gasteiger partial charge in [-0.05, 0) is 0 Å². The molecule has 2 bridgehead atoms. The summed E-state index contributed by atoms with van der Waals surface area (Å²) in [5.41, 5.74) is 0. The number of nitrogens with zero attached hydrogens (tertiary/aromatic N) is 1. The van der Waals surface area contributed by atoms with Gasteiger partial charge in [0.05, 0.1) is 20.2 Å². The van der Waals surface area contributed by atoms with Gasteiger partial charge in [0.15, 0.2) is 0 Å². The normalized spacial score (nSPS) is 55.2. The Morgan fingerprint density at radius 3 is 2.08 bits per heavy atom. The van der Waals surface area contributed by atoms with Crippen molar-refractivity contribution < 1.29 is 31.3 Å². The smallest absolute Gasteiger partial charge is 0.142 e. The Morgan fingerprint density at radius 2 is 1.62 bits per heavy atom. The predicted octanol–water partition coefficient (Wildman–Crippen LogP) is -3.26. The van der Waals surface area contributed by atoms with Crippen molar-refractivity contribution >= 4 is 0 Å². The van der Waals surface area contributed by atoms with Gasteiger partial charge >= 0.3 is 0 Å². The van der Waals surface area contributed by atoms with Crippen LogP contribution in [0.3, 0.4) is 0 Å². The van der Waals surface area contributed by atoms with E-state index in [1.807, 2.05) is 0 Å². The molecule has 0 aromatic heterocycles. The number of epoxide rings is 1. The molecule has 5 atom stereocenters. The van der Waals surface area contributed by atoms with Crippen molar-refractivity contribution in [1.82, 2.24) is 0 Å². The molecule has 0 spiro atoms. The quantitative estimate of drug-likeness (QED) is 0.361. The van der Waals surface area contributed by atoms with E-state index in [2.05, 4.69) is 14.1 Å². The van der Waals surface area contributed by atoms with Crippen LogP contribution in [0.25, 0.3) is 0 Å². The molecule has 3 rings (SSSR count). The minimum absolute atomic E-state index is 0. The molecular weight excluding hydrogens is 234 g/mol. The molecule has 1 N–H and O–H groups in total. The number of aliphatic hydroxyl groups is 1. The van der Waals surface area contributed by atoms with Crippen molar-refractivity contribution in [2.45, 2.75) is 43.2 Å². The van der Waals surface area contributed by atoms with Crippen LogP contribution >= 0.6 is 0 Å². The van der Waals surface area contributed by atoms with E-state index in [0.29, 0.717) is 24.3 Å². The minimum atomic E-state index is -0.0671. The maximum Gasteiger partial charge on any atom is 0.142 e. The first-order valence-corrected chi connectivity index (χ1v) is 4.77. The van der Waals surface area contributed by atoms with Gasteiger partial charge in [-0.2, -0.15) is 0 Å². The minimum Gasteiger partial charge on any atom is -1.00 e. The molecule has 0 saturated carbocycles. The number of aliphatic hydroxyl groups excluding tert-OH is 1. The Morgan fingerprint density at radius 1 is 1.15 bits per heavy atom. The molecule has 3 aliphatic heterocycles. The topological polar surface area (TPSA) is 32.8 Å². The molecule has 3 aliphatic rings. The van der Waals surface area contributed by atoms with Crippen molar-refractivity contribution in [3.63, 3.8) is 0 Å². The number of hydrogen-bond acceptors (Lipinski definition) is 2. The van der Waals surface area contributed by atoms with Crippen molar-refractivity contribution in [1.29, 1.82) is 0 Å². The summed E-state index contributed by atoms with van der Waals surface area (Å²) >= 11 is 0. The molecule has 0 aliphatic carbocycles. The molecule has 4 heteroatoms. The molecule has 0 aromatic carbocycles. The van der Waals surface area contributed by atoms with E-state index in [0.717, 1.165) is 17.3 Å². The van der Waals surface area contributed by atoms with Gasteiger partial charge in [0.25, 0.3) is 0 Å². The van der Waals surface area contributed by atoms with Gasteiger partial charge < -0.3 is 31.3 Å². The number of hydrogen-bond donors (Lipinski definition) is 1. The summed E-state index contributed by atoms with van der Waals surface area (Å²) in [5.74, 6) is 0. The first kappa shape index (κ1) is 9.90. The average Bonchev–Trinajstić information content (AvgIpc) is 2.66. The molecule has 3 heterocycles. The fourth-order valence-corrected chi connectivity index (χ4v) is 3.22. The first-order valence-electron chi connectivity index (χ1n) is 4.77. The van der Waals surface area contributed by atoms with Crippen molar-refractivity contribution in [2.24, 2.45) is 0 Å². The maximum atomic E-state index is 9.60. The van der Waals surface area contributed by atoms with Gasteiger partial charge in [-0.3, -0.25) is 0 Å². The van der Waals surface area contributed by atoms with Crippen LogP contribution in [-0.4, -0.2) is 54.1 Å². The summed E-state index contributed by atoms with van der Waals surface area (Å²) in [6.45, 7) is 0. The van der Waals surface area contributed by atoms with Gasteiger partial charge in [-0.15, -0.1) is 0 Å². The Kier molecular flexibility index (Phi) is 2.05. The molecule has 13 heavy (non-hydrogen) atoms. The molecular formula is C9H16BrNO2. The first-order chi connectivity index (χ1) is 5.60. The fourth-order valence-electron chi connectivity index (χ4n) is 3.22. The van der Waals surface area contributed by atoms with Crippen LogP contribution in [0.1, 0.15) is 12.8 Å². The van der Waals surface area contributed by atoms with Crippen LogP contribution in [0.4, 0.5) is 0 Å². The Balaban J connectivity index is 0.000000653. The molecule has 3 fully saturated rings. The fraction of sp³-hybridized carbons (Fsp3) is 1.00. The lowest BCUT2D eigenvalue weighted by Crippen LogP contribution is -3.00. The lowest BCUT2D eigenvalue weighted by molar-refractivity contribution is -0.938. The second-order valence-corrected chi connectivity index (χ2v) is 4.95. The molecule has 0 aromatic rings. The number of rotatable bonds is 0. The van der Waals surface area contributed by atoms with Crippen LogP contribution in [0, 0.1) is 0 Å². The Bertz CT molecular complexity index is 214. The average molecular weight is 250 g/mol. The van der Waals surface area contributed by atoms with Gasteiger partial charge in [0.1, 0.15) is 24.3 Å². The maximum absolute atomic E-state index is 9.60.